The van der Waals surface area contributed by atoms with Crippen LogP contribution in [-0.2, 0) is 37.9 Å². The van der Waals surface area contributed by atoms with E-state index in [1.807, 2.05) is 0 Å². The molecule has 0 atom stereocenters. The van der Waals surface area contributed by atoms with Crippen molar-refractivity contribution in [3.8, 4) is 22.3 Å². The average molecular weight is 920 g/mol. The molecule has 0 saturated carbocycles. The van der Waals surface area contributed by atoms with Crippen LogP contribution in [0.1, 0.15) is 188 Å². The normalized spacial score (nSPS) is 20.0. The lowest BCUT2D eigenvalue weighted by atomic mass is 9.62. The van der Waals surface area contributed by atoms with E-state index in [1.54, 1.807) is 0 Å². The third kappa shape index (κ3) is 6.98. The van der Waals surface area contributed by atoms with E-state index < -0.39 is 5.41 Å². The molecule has 0 saturated heterocycles. The molecular weight excluding hydrogens is 843 g/mol. The Balaban J connectivity index is 1.32. The highest BCUT2D eigenvalue weighted by molar-refractivity contribution is 5.98. The molecule has 11 rings (SSSR count). The Morgan fingerprint density at radius 2 is 0.686 bits per heavy atom. The van der Waals surface area contributed by atoms with E-state index in [9.17, 15) is 0 Å². The van der Waals surface area contributed by atoms with Crippen LogP contribution in [0.15, 0.2) is 140 Å². The Morgan fingerprint density at radius 3 is 1.16 bits per heavy atom. The number of fused-ring (bicyclic) bond motifs is 6. The van der Waals surface area contributed by atoms with Gasteiger partial charge in [0.2, 0.25) is 0 Å². The number of aryl methyl sites for hydroxylation is 2. The molecule has 358 valence electrons. The second-order valence-electron chi connectivity index (χ2n) is 26.2. The lowest BCUT2D eigenvalue weighted by molar-refractivity contribution is 0.331. The summed E-state index contributed by atoms with van der Waals surface area (Å²) < 4.78 is 0. The van der Waals surface area contributed by atoms with Gasteiger partial charge in [-0.05, 0) is 193 Å². The SMILES string of the molecule is Cc1cc2c(cc1N(c1cc3c(cc1C)C(C)(C)CCC3(C)C)c1cc3c(cc1-c1ccc4c(c1)C(C)(C)CCC4(C)C)-c1ccccc1C3(c1ccccc1)c1ccccc1)C(C)(C)CCC2(C)C. The molecule has 4 aliphatic carbocycles. The molecule has 0 spiro atoms. The summed E-state index contributed by atoms with van der Waals surface area (Å²) >= 11 is 0. The molecule has 0 radical (unpaired) electrons. The van der Waals surface area contributed by atoms with E-state index >= 15 is 0 Å². The van der Waals surface area contributed by atoms with Crippen molar-refractivity contribution >= 4 is 17.1 Å². The molecule has 70 heavy (non-hydrogen) atoms. The number of rotatable bonds is 6. The Morgan fingerprint density at radius 1 is 0.300 bits per heavy atom. The largest absolute Gasteiger partial charge is 0.309 e. The minimum Gasteiger partial charge on any atom is -0.309 e. The van der Waals surface area contributed by atoms with Crippen molar-refractivity contribution < 1.29 is 0 Å². The van der Waals surface area contributed by atoms with Gasteiger partial charge >= 0.3 is 0 Å². The van der Waals surface area contributed by atoms with Gasteiger partial charge in [-0.2, -0.15) is 0 Å². The fourth-order valence-electron chi connectivity index (χ4n) is 13.9. The molecule has 1 nitrogen and oxygen atoms in total. The molecule has 7 aromatic carbocycles. The standard InChI is InChI=1S/C69H77N/c1-44-37-55-58(67(11,12)35-33-64(55,5)6)42-60(44)70(61-43-59-56(38-45(61)2)65(7,8)34-36-68(59,13)14)62-41-54-51(40-50(62)46-29-30-53-57(39-46)66(9,10)32-31-63(53,3)4)49-27-21-22-28-52(49)69(54,47-23-17-15-18-24-47)48-25-19-16-20-26-48/h15-30,37-43H,31-36H2,1-14H3. The molecule has 0 amide bonds. The van der Waals surface area contributed by atoms with Crippen molar-refractivity contribution in [3.63, 3.8) is 0 Å². The van der Waals surface area contributed by atoms with Gasteiger partial charge in [-0.3, -0.25) is 0 Å². The molecule has 0 aromatic heterocycles. The second kappa shape index (κ2) is 15.7. The van der Waals surface area contributed by atoms with Gasteiger partial charge < -0.3 is 4.90 Å². The number of benzene rings is 7. The van der Waals surface area contributed by atoms with E-state index in [1.165, 1.54) is 132 Å². The van der Waals surface area contributed by atoms with Crippen LogP contribution >= 0.6 is 0 Å². The first-order valence-electron chi connectivity index (χ1n) is 26.6. The van der Waals surface area contributed by atoms with E-state index in [-0.39, 0.29) is 32.5 Å². The third-order valence-electron chi connectivity index (χ3n) is 18.8. The molecular formula is C69H77N. The van der Waals surface area contributed by atoms with Crippen molar-refractivity contribution in [2.45, 2.75) is 173 Å². The summed E-state index contributed by atoms with van der Waals surface area (Å²) in [6.45, 7) is 34.5. The Bertz CT molecular complexity index is 3100. The fraction of sp³-hybridized carbons (Fsp3) is 0.391. The monoisotopic (exact) mass is 920 g/mol. The van der Waals surface area contributed by atoms with Crippen LogP contribution in [0, 0.1) is 13.8 Å². The third-order valence-corrected chi connectivity index (χ3v) is 18.8. The zero-order valence-corrected chi connectivity index (χ0v) is 45.0. The molecule has 0 bridgehead atoms. The first-order valence-corrected chi connectivity index (χ1v) is 26.6. The van der Waals surface area contributed by atoms with E-state index in [0.29, 0.717) is 0 Å². The predicted molar refractivity (Wildman–Crippen MR) is 299 cm³/mol. The topological polar surface area (TPSA) is 3.24 Å². The number of nitrogens with zero attached hydrogens (tertiary/aromatic N) is 1. The molecule has 4 aliphatic rings. The highest BCUT2D eigenvalue weighted by atomic mass is 15.2. The van der Waals surface area contributed by atoms with Crippen LogP contribution in [-0.4, -0.2) is 0 Å². The average Bonchev–Trinajstić information content (AvgIpc) is 3.62. The van der Waals surface area contributed by atoms with Gasteiger partial charge in [0.1, 0.15) is 0 Å². The number of hydrogen-bond donors (Lipinski definition) is 0. The summed E-state index contributed by atoms with van der Waals surface area (Å²) in [4.78, 5) is 2.76. The molecule has 0 unspecified atom stereocenters. The lowest BCUT2D eigenvalue weighted by Crippen LogP contribution is -2.35. The van der Waals surface area contributed by atoms with Gasteiger partial charge in [0.05, 0.1) is 11.1 Å². The number of hydrogen-bond acceptors (Lipinski definition) is 1. The van der Waals surface area contributed by atoms with Crippen LogP contribution in [0.3, 0.4) is 0 Å². The first kappa shape index (κ1) is 46.7. The van der Waals surface area contributed by atoms with Crippen molar-refractivity contribution in [2.75, 3.05) is 4.90 Å². The van der Waals surface area contributed by atoms with Gasteiger partial charge in [-0.1, -0.05) is 198 Å². The molecule has 1 heteroatoms. The fourth-order valence-corrected chi connectivity index (χ4v) is 13.9. The molecule has 0 fully saturated rings. The zero-order valence-electron chi connectivity index (χ0n) is 45.0. The van der Waals surface area contributed by atoms with E-state index in [4.69, 9.17) is 0 Å². The van der Waals surface area contributed by atoms with Gasteiger partial charge in [0.25, 0.3) is 0 Å². The van der Waals surface area contributed by atoms with Crippen LogP contribution < -0.4 is 4.90 Å². The summed E-state index contributed by atoms with van der Waals surface area (Å²) in [6.07, 6.45) is 7.06. The molecule has 7 aromatic rings. The summed E-state index contributed by atoms with van der Waals surface area (Å²) in [5.74, 6) is 0. The zero-order chi connectivity index (χ0) is 49.6. The Kier molecular flexibility index (Phi) is 10.5. The van der Waals surface area contributed by atoms with Gasteiger partial charge in [-0.25, -0.2) is 0 Å². The van der Waals surface area contributed by atoms with Gasteiger partial charge in [0, 0.05) is 16.9 Å². The van der Waals surface area contributed by atoms with Crippen molar-refractivity contribution in [3.05, 3.63) is 206 Å². The van der Waals surface area contributed by atoms with Crippen LogP contribution in [0.25, 0.3) is 22.3 Å². The quantitative estimate of drug-likeness (QED) is 0.161. The predicted octanol–water partition coefficient (Wildman–Crippen LogP) is 18.9. The summed E-state index contributed by atoms with van der Waals surface area (Å²) in [7, 11) is 0. The second-order valence-corrected chi connectivity index (χ2v) is 26.2. The van der Waals surface area contributed by atoms with Crippen LogP contribution in [0.5, 0.6) is 0 Å². The first-order chi connectivity index (χ1) is 33.0. The summed E-state index contributed by atoms with van der Waals surface area (Å²) in [5.41, 5.74) is 25.7. The van der Waals surface area contributed by atoms with Crippen molar-refractivity contribution in [1.82, 2.24) is 0 Å². The number of anilines is 3. The highest BCUT2D eigenvalue weighted by Crippen LogP contribution is 2.61. The highest BCUT2D eigenvalue weighted by Gasteiger charge is 2.48. The maximum Gasteiger partial charge on any atom is 0.0714 e. The smallest absolute Gasteiger partial charge is 0.0714 e. The molecule has 0 aliphatic heterocycles. The summed E-state index contributed by atoms with van der Waals surface area (Å²) in [5, 5.41) is 0. The van der Waals surface area contributed by atoms with Crippen LogP contribution in [0.4, 0.5) is 17.1 Å². The van der Waals surface area contributed by atoms with Gasteiger partial charge in [0.15, 0.2) is 0 Å². The van der Waals surface area contributed by atoms with E-state index in [0.717, 1.165) is 12.8 Å². The van der Waals surface area contributed by atoms with E-state index in [2.05, 4.69) is 241 Å². The van der Waals surface area contributed by atoms with Crippen LogP contribution in [0.2, 0.25) is 0 Å². The lowest BCUT2D eigenvalue weighted by Gasteiger charge is -2.44. The Labute approximate surface area is 421 Å². The van der Waals surface area contributed by atoms with Crippen molar-refractivity contribution in [2.24, 2.45) is 0 Å². The maximum absolute atomic E-state index is 2.76. The molecule has 0 N–H and O–H groups in total. The summed E-state index contributed by atoms with van der Waals surface area (Å²) in [6, 6.07) is 55.4. The van der Waals surface area contributed by atoms with Crippen molar-refractivity contribution in [1.29, 1.82) is 0 Å². The molecule has 0 heterocycles. The minimum absolute atomic E-state index is 0.0327. The maximum atomic E-state index is 2.76. The minimum atomic E-state index is -0.552. The Hall–Kier alpha value is -5.66. The van der Waals surface area contributed by atoms with Gasteiger partial charge in [-0.15, -0.1) is 0 Å².